The molecular formula is C19H25N5OS. The van der Waals surface area contributed by atoms with Crippen LogP contribution in [0.4, 0.5) is 5.13 Å². The van der Waals surface area contributed by atoms with Gasteiger partial charge in [-0.1, -0.05) is 17.4 Å². The van der Waals surface area contributed by atoms with Crippen molar-refractivity contribution >= 4 is 32.6 Å². The Bertz CT molecular complexity index is 908. The average molecular weight is 372 g/mol. The van der Waals surface area contributed by atoms with Gasteiger partial charge in [-0.25, -0.2) is 4.98 Å². The number of carbonyl (C=O) groups excluding carboxylic acids is 1. The summed E-state index contributed by atoms with van der Waals surface area (Å²) in [5.74, 6) is -0.0444. The summed E-state index contributed by atoms with van der Waals surface area (Å²) in [6.45, 7) is 5.52. The lowest BCUT2D eigenvalue weighted by atomic mass is 10.2. The second-order valence-corrected chi connectivity index (χ2v) is 7.89. The number of benzene rings is 1. The van der Waals surface area contributed by atoms with Crippen molar-refractivity contribution in [2.45, 2.75) is 20.3 Å². The molecule has 1 aromatic carbocycles. The number of rotatable bonds is 6. The highest BCUT2D eigenvalue weighted by atomic mass is 32.1. The van der Waals surface area contributed by atoms with Crippen LogP contribution in [-0.2, 0) is 7.05 Å². The maximum absolute atomic E-state index is 13.3. The Morgan fingerprint density at radius 1 is 1.23 bits per heavy atom. The van der Waals surface area contributed by atoms with E-state index in [9.17, 15) is 4.79 Å². The van der Waals surface area contributed by atoms with Crippen molar-refractivity contribution in [3.8, 4) is 0 Å². The van der Waals surface area contributed by atoms with Crippen molar-refractivity contribution in [2.24, 2.45) is 7.05 Å². The van der Waals surface area contributed by atoms with E-state index in [0.29, 0.717) is 12.2 Å². The van der Waals surface area contributed by atoms with Crippen LogP contribution in [0.3, 0.4) is 0 Å². The number of carbonyl (C=O) groups is 1. The van der Waals surface area contributed by atoms with E-state index in [1.807, 2.05) is 27.1 Å². The van der Waals surface area contributed by atoms with Crippen LogP contribution in [0.1, 0.15) is 28.0 Å². The van der Waals surface area contributed by atoms with Gasteiger partial charge >= 0.3 is 0 Å². The first-order chi connectivity index (χ1) is 12.4. The van der Waals surface area contributed by atoms with Crippen LogP contribution in [0.25, 0.3) is 10.2 Å². The fourth-order valence-electron chi connectivity index (χ4n) is 2.95. The zero-order valence-electron chi connectivity index (χ0n) is 16.0. The normalized spacial score (nSPS) is 11.5. The number of hydrogen-bond donors (Lipinski definition) is 0. The lowest BCUT2D eigenvalue weighted by Crippen LogP contribution is -2.35. The Hall–Kier alpha value is -2.25. The first-order valence-electron chi connectivity index (χ1n) is 8.69. The van der Waals surface area contributed by atoms with Crippen LogP contribution in [0, 0.1) is 13.8 Å². The van der Waals surface area contributed by atoms with Gasteiger partial charge in [-0.05, 0) is 64.2 Å². The standard InChI is InChI=1S/C19H25N5OS/c1-13-7-8-15-16(11-13)26-19(21-15)24(10-6-9-22(3)4)18(25)17-14(2)12-20-23(17)5/h7-8,11-12H,6,9-10H2,1-5H3. The van der Waals surface area contributed by atoms with E-state index in [1.54, 1.807) is 34.2 Å². The fourth-order valence-corrected chi connectivity index (χ4v) is 4.03. The molecule has 1 amide bonds. The molecule has 6 nitrogen and oxygen atoms in total. The summed E-state index contributed by atoms with van der Waals surface area (Å²) in [5.41, 5.74) is 3.63. The van der Waals surface area contributed by atoms with E-state index in [2.05, 4.69) is 29.1 Å². The molecule has 0 aliphatic heterocycles. The number of amides is 1. The van der Waals surface area contributed by atoms with Crippen molar-refractivity contribution in [2.75, 3.05) is 32.1 Å². The highest BCUT2D eigenvalue weighted by Crippen LogP contribution is 2.30. The van der Waals surface area contributed by atoms with Crippen LogP contribution in [0.5, 0.6) is 0 Å². The summed E-state index contributed by atoms with van der Waals surface area (Å²) >= 11 is 1.57. The quantitative estimate of drug-likeness (QED) is 0.667. The summed E-state index contributed by atoms with van der Waals surface area (Å²) in [7, 11) is 5.88. The third-order valence-corrected chi connectivity index (χ3v) is 5.36. The Morgan fingerprint density at radius 2 is 2.00 bits per heavy atom. The predicted octanol–water partition coefficient (Wildman–Crippen LogP) is 3.25. The molecule has 2 aromatic heterocycles. The molecule has 3 aromatic rings. The molecule has 0 aliphatic carbocycles. The van der Waals surface area contributed by atoms with Gasteiger partial charge in [0.05, 0.1) is 16.4 Å². The number of fused-ring (bicyclic) bond motifs is 1. The van der Waals surface area contributed by atoms with Gasteiger partial charge in [0.1, 0.15) is 5.69 Å². The maximum atomic E-state index is 13.3. The second kappa shape index (κ2) is 7.55. The summed E-state index contributed by atoms with van der Waals surface area (Å²) in [6, 6.07) is 6.19. The second-order valence-electron chi connectivity index (χ2n) is 6.88. The van der Waals surface area contributed by atoms with Gasteiger partial charge in [-0.3, -0.25) is 14.4 Å². The SMILES string of the molecule is Cc1ccc2nc(N(CCCN(C)C)C(=O)c3c(C)cnn3C)sc2c1. The van der Waals surface area contributed by atoms with Gasteiger partial charge in [0.15, 0.2) is 5.13 Å². The first kappa shape index (κ1) is 18.5. The summed E-state index contributed by atoms with van der Waals surface area (Å²) in [5, 5.41) is 4.97. The van der Waals surface area contributed by atoms with Crippen LogP contribution in [0.15, 0.2) is 24.4 Å². The summed E-state index contributed by atoms with van der Waals surface area (Å²) in [4.78, 5) is 21.9. The zero-order valence-corrected chi connectivity index (χ0v) is 16.8. The molecule has 138 valence electrons. The van der Waals surface area contributed by atoms with Crippen LogP contribution in [0.2, 0.25) is 0 Å². The van der Waals surface area contributed by atoms with Crippen molar-refractivity contribution in [1.29, 1.82) is 0 Å². The molecule has 26 heavy (non-hydrogen) atoms. The smallest absolute Gasteiger partial charge is 0.278 e. The number of thiazole rings is 1. The minimum Gasteiger partial charge on any atom is -0.309 e. The molecule has 0 radical (unpaired) electrons. The average Bonchev–Trinajstić information content (AvgIpc) is 3.13. The van der Waals surface area contributed by atoms with Gasteiger partial charge in [-0.2, -0.15) is 5.10 Å². The minimum atomic E-state index is -0.0444. The zero-order chi connectivity index (χ0) is 18.8. The van der Waals surface area contributed by atoms with E-state index < -0.39 is 0 Å². The van der Waals surface area contributed by atoms with E-state index in [-0.39, 0.29) is 5.91 Å². The molecule has 0 fully saturated rings. The van der Waals surface area contributed by atoms with Gasteiger partial charge in [0, 0.05) is 13.6 Å². The molecule has 3 rings (SSSR count). The summed E-state index contributed by atoms with van der Waals surface area (Å²) < 4.78 is 2.75. The molecule has 0 saturated carbocycles. The van der Waals surface area contributed by atoms with Gasteiger partial charge in [0.25, 0.3) is 5.91 Å². The lowest BCUT2D eigenvalue weighted by Gasteiger charge is -2.21. The minimum absolute atomic E-state index is 0.0444. The third-order valence-electron chi connectivity index (χ3n) is 4.32. The highest BCUT2D eigenvalue weighted by molar-refractivity contribution is 7.22. The summed E-state index contributed by atoms with van der Waals surface area (Å²) in [6.07, 6.45) is 2.61. The van der Waals surface area contributed by atoms with Crippen molar-refractivity contribution < 1.29 is 4.79 Å². The molecule has 0 atom stereocenters. The molecule has 0 unspecified atom stereocenters. The van der Waals surface area contributed by atoms with Crippen molar-refractivity contribution in [3.05, 3.63) is 41.2 Å². The number of nitrogens with zero attached hydrogens (tertiary/aromatic N) is 5. The highest BCUT2D eigenvalue weighted by Gasteiger charge is 2.25. The maximum Gasteiger partial charge on any atom is 0.278 e. The number of hydrogen-bond acceptors (Lipinski definition) is 5. The topological polar surface area (TPSA) is 54.3 Å². The number of aryl methyl sites for hydroxylation is 3. The van der Waals surface area contributed by atoms with E-state index in [0.717, 1.165) is 33.9 Å². The van der Waals surface area contributed by atoms with E-state index in [1.165, 1.54) is 5.56 Å². The molecule has 0 saturated heterocycles. The third kappa shape index (κ3) is 3.78. The largest absolute Gasteiger partial charge is 0.309 e. The number of anilines is 1. The van der Waals surface area contributed by atoms with E-state index in [4.69, 9.17) is 4.98 Å². The molecule has 7 heteroatoms. The Balaban J connectivity index is 1.97. The fraction of sp³-hybridized carbons (Fsp3) is 0.421. The molecular weight excluding hydrogens is 346 g/mol. The monoisotopic (exact) mass is 371 g/mol. The van der Waals surface area contributed by atoms with Gasteiger partial charge in [-0.15, -0.1) is 0 Å². The first-order valence-corrected chi connectivity index (χ1v) is 9.51. The molecule has 0 spiro atoms. The molecule has 0 N–H and O–H groups in total. The molecule has 2 heterocycles. The van der Waals surface area contributed by atoms with Crippen LogP contribution < -0.4 is 4.90 Å². The van der Waals surface area contributed by atoms with Crippen LogP contribution in [-0.4, -0.2) is 52.8 Å². The van der Waals surface area contributed by atoms with E-state index >= 15 is 0 Å². The molecule has 0 aliphatic rings. The van der Waals surface area contributed by atoms with Crippen molar-refractivity contribution in [3.63, 3.8) is 0 Å². The van der Waals surface area contributed by atoms with Crippen LogP contribution >= 0.6 is 11.3 Å². The Labute approximate surface area is 158 Å². The van der Waals surface area contributed by atoms with Gasteiger partial charge < -0.3 is 4.90 Å². The Morgan fingerprint density at radius 3 is 2.65 bits per heavy atom. The van der Waals surface area contributed by atoms with Crippen molar-refractivity contribution in [1.82, 2.24) is 19.7 Å². The number of aromatic nitrogens is 3. The molecule has 0 bridgehead atoms. The Kier molecular flexibility index (Phi) is 5.38. The van der Waals surface area contributed by atoms with Gasteiger partial charge in [0.2, 0.25) is 0 Å². The lowest BCUT2D eigenvalue weighted by molar-refractivity contribution is 0.0976. The predicted molar refractivity (Wildman–Crippen MR) is 107 cm³/mol.